The highest BCUT2D eigenvalue weighted by Crippen LogP contribution is 2.43. The quantitative estimate of drug-likeness (QED) is 0.687. The van der Waals surface area contributed by atoms with Gasteiger partial charge in [-0.15, -0.1) is 0 Å². The van der Waals surface area contributed by atoms with Crippen molar-refractivity contribution >= 4 is 21.6 Å². The van der Waals surface area contributed by atoms with E-state index in [1.165, 1.54) is 0 Å². The van der Waals surface area contributed by atoms with E-state index in [1.807, 2.05) is 6.92 Å². The molecule has 0 unspecified atom stereocenters. The molecule has 1 aromatic rings. The van der Waals surface area contributed by atoms with Crippen molar-refractivity contribution < 1.29 is 22.7 Å². The first-order chi connectivity index (χ1) is 14.0. The maximum atomic E-state index is 13.2. The van der Waals surface area contributed by atoms with Crippen molar-refractivity contribution in [3.8, 4) is 5.75 Å². The molecule has 1 aromatic heterocycles. The Morgan fingerprint density at radius 1 is 1.23 bits per heavy atom. The summed E-state index contributed by atoms with van der Waals surface area (Å²) in [7, 11) is -3.56. The van der Waals surface area contributed by atoms with Crippen LogP contribution < -0.4 is 15.4 Å². The first kappa shape index (κ1) is 21.3. The van der Waals surface area contributed by atoms with Crippen LogP contribution in [0.5, 0.6) is 5.75 Å². The van der Waals surface area contributed by atoms with E-state index < -0.39 is 14.6 Å². The molecule has 2 N–H and O–H groups in total. The van der Waals surface area contributed by atoms with Gasteiger partial charge in [0, 0.05) is 25.4 Å². The van der Waals surface area contributed by atoms with Gasteiger partial charge in [0.1, 0.15) is 17.0 Å². The first-order valence-electron chi connectivity index (χ1n) is 10.2. The Bertz CT molecular complexity index is 966. The van der Waals surface area contributed by atoms with Gasteiger partial charge in [0.25, 0.3) is 5.91 Å². The molecule has 1 amide bonds. The second-order valence-electron chi connectivity index (χ2n) is 8.89. The summed E-state index contributed by atoms with van der Waals surface area (Å²) >= 11 is 0. The number of fused-ring (bicyclic) bond motifs is 3. The van der Waals surface area contributed by atoms with Crippen LogP contribution in [-0.4, -0.2) is 86.5 Å². The molecule has 4 rings (SSSR count). The molecule has 166 valence electrons. The molecule has 0 saturated carbocycles. The minimum Gasteiger partial charge on any atom is -0.486 e. The topological polar surface area (TPSA) is 128 Å². The lowest BCUT2D eigenvalue weighted by Gasteiger charge is -2.45. The molecule has 3 atom stereocenters. The number of hydrogen-bond donors (Lipinski definition) is 1. The maximum absolute atomic E-state index is 13.2. The van der Waals surface area contributed by atoms with E-state index in [2.05, 4.69) is 14.9 Å². The lowest BCUT2D eigenvalue weighted by molar-refractivity contribution is 0.0480. The van der Waals surface area contributed by atoms with Crippen molar-refractivity contribution in [2.45, 2.75) is 50.1 Å². The number of anilines is 1. The van der Waals surface area contributed by atoms with Crippen molar-refractivity contribution in [1.82, 2.24) is 14.9 Å². The van der Waals surface area contributed by atoms with Crippen molar-refractivity contribution in [3.63, 3.8) is 0 Å². The standard InChI is InChI=1S/C19H29N5O5S/c1-11-8-28-9-13-10-29-14-15(19(2,3)30(4,26)27)21-16(22-17(14)24(11)13)18(25)23-6-5-12(20)7-23/h11-13H,5-10,20H2,1-4H3/t11-,12+,13+/m1/s1. The van der Waals surface area contributed by atoms with Gasteiger partial charge in [-0.2, -0.15) is 0 Å². The number of nitrogens with two attached hydrogens (primary N) is 1. The number of amides is 1. The first-order valence-corrected chi connectivity index (χ1v) is 12.1. The number of hydrogen-bond acceptors (Lipinski definition) is 9. The zero-order chi connectivity index (χ0) is 21.8. The summed E-state index contributed by atoms with van der Waals surface area (Å²) < 4.78 is 35.5. The van der Waals surface area contributed by atoms with Crippen LogP contribution >= 0.6 is 0 Å². The van der Waals surface area contributed by atoms with Crippen LogP contribution in [0.15, 0.2) is 0 Å². The number of likely N-dealkylation sites (tertiary alicyclic amines) is 1. The molecule has 0 radical (unpaired) electrons. The number of carbonyl (C=O) groups excluding carboxylic acids is 1. The van der Waals surface area contributed by atoms with Crippen LogP contribution in [0.2, 0.25) is 0 Å². The van der Waals surface area contributed by atoms with Gasteiger partial charge in [0.05, 0.1) is 25.3 Å². The number of morpholine rings is 1. The highest BCUT2D eigenvalue weighted by molar-refractivity contribution is 7.91. The molecule has 3 aliphatic rings. The van der Waals surface area contributed by atoms with Gasteiger partial charge in [0.2, 0.25) is 5.82 Å². The van der Waals surface area contributed by atoms with E-state index >= 15 is 0 Å². The SMILES string of the molecule is C[C@@H]1COC[C@H]2COc3c(nc(C(=O)N4CC[C@H](N)C4)nc3C(C)(C)S(C)(=O)=O)N21. The van der Waals surface area contributed by atoms with E-state index in [0.29, 0.717) is 50.9 Å². The van der Waals surface area contributed by atoms with Crippen LogP contribution in [0.3, 0.4) is 0 Å². The average Bonchev–Trinajstić information content (AvgIpc) is 3.11. The van der Waals surface area contributed by atoms with Crippen molar-refractivity contribution in [1.29, 1.82) is 0 Å². The smallest absolute Gasteiger partial charge is 0.291 e. The van der Waals surface area contributed by atoms with Crippen LogP contribution in [0.1, 0.15) is 43.5 Å². The third kappa shape index (κ3) is 3.42. The van der Waals surface area contributed by atoms with Gasteiger partial charge in [-0.25, -0.2) is 18.4 Å². The Hall–Kier alpha value is -1.98. The molecular weight excluding hydrogens is 410 g/mol. The van der Waals surface area contributed by atoms with E-state index in [1.54, 1.807) is 18.7 Å². The number of rotatable bonds is 3. The van der Waals surface area contributed by atoms with Gasteiger partial charge in [-0.1, -0.05) is 0 Å². The molecule has 11 heteroatoms. The average molecular weight is 440 g/mol. The second kappa shape index (κ2) is 7.31. The minimum atomic E-state index is -3.56. The molecule has 10 nitrogen and oxygen atoms in total. The number of aromatic nitrogens is 2. The van der Waals surface area contributed by atoms with Crippen LogP contribution in [0.4, 0.5) is 5.82 Å². The minimum absolute atomic E-state index is 0.00124. The van der Waals surface area contributed by atoms with Gasteiger partial charge >= 0.3 is 0 Å². The van der Waals surface area contributed by atoms with Crippen molar-refractivity contribution in [2.75, 3.05) is 44.1 Å². The van der Waals surface area contributed by atoms with E-state index in [9.17, 15) is 13.2 Å². The maximum Gasteiger partial charge on any atom is 0.291 e. The Kier molecular flexibility index (Phi) is 5.18. The van der Waals surface area contributed by atoms with Gasteiger partial charge < -0.3 is 25.0 Å². The largest absolute Gasteiger partial charge is 0.486 e. The number of ether oxygens (including phenoxy) is 2. The van der Waals surface area contributed by atoms with Crippen LogP contribution in [-0.2, 0) is 19.3 Å². The molecular formula is C19H29N5O5S. The molecule has 0 spiro atoms. The van der Waals surface area contributed by atoms with Crippen LogP contribution in [0, 0.1) is 0 Å². The monoisotopic (exact) mass is 439 g/mol. The zero-order valence-corrected chi connectivity index (χ0v) is 18.6. The number of carbonyl (C=O) groups is 1. The van der Waals surface area contributed by atoms with Gasteiger partial charge in [0.15, 0.2) is 21.4 Å². The summed E-state index contributed by atoms with van der Waals surface area (Å²) in [6.07, 6.45) is 1.87. The van der Waals surface area contributed by atoms with E-state index in [-0.39, 0.29) is 35.6 Å². The van der Waals surface area contributed by atoms with Crippen molar-refractivity contribution in [3.05, 3.63) is 11.5 Å². The fourth-order valence-electron chi connectivity index (χ4n) is 4.12. The molecule has 2 saturated heterocycles. The number of sulfone groups is 1. The summed E-state index contributed by atoms with van der Waals surface area (Å²) in [6, 6.07) is -0.141. The molecule has 0 aliphatic carbocycles. The molecule has 4 heterocycles. The zero-order valence-electron chi connectivity index (χ0n) is 17.8. The summed E-state index contributed by atoms with van der Waals surface area (Å²) in [5, 5.41) is 0. The summed E-state index contributed by atoms with van der Waals surface area (Å²) in [6.45, 7) is 7.42. The van der Waals surface area contributed by atoms with E-state index in [0.717, 1.165) is 6.26 Å². The Balaban J connectivity index is 1.88. The molecule has 30 heavy (non-hydrogen) atoms. The van der Waals surface area contributed by atoms with Crippen LogP contribution in [0.25, 0.3) is 0 Å². The predicted molar refractivity (Wildman–Crippen MR) is 110 cm³/mol. The molecule has 2 fully saturated rings. The van der Waals surface area contributed by atoms with Gasteiger partial charge in [-0.05, 0) is 27.2 Å². The summed E-state index contributed by atoms with van der Waals surface area (Å²) in [4.78, 5) is 25.9. The third-order valence-electron chi connectivity index (χ3n) is 6.25. The molecule has 3 aliphatic heterocycles. The Labute approximate surface area is 176 Å². The lowest BCUT2D eigenvalue weighted by atomic mass is 10.0. The van der Waals surface area contributed by atoms with E-state index in [4.69, 9.17) is 15.2 Å². The molecule has 0 aromatic carbocycles. The third-order valence-corrected chi connectivity index (χ3v) is 8.30. The highest BCUT2D eigenvalue weighted by Gasteiger charge is 2.44. The van der Waals surface area contributed by atoms with Gasteiger partial charge in [-0.3, -0.25) is 4.79 Å². The predicted octanol–water partition coefficient (Wildman–Crippen LogP) is -0.0844. The summed E-state index contributed by atoms with van der Waals surface area (Å²) in [5.74, 6) is 0.401. The Morgan fingerprint density at radius 3 is 2.60 bits per heavy atom. The fourth-order valence-corrected chi connectivity index (χ4v) is 4.61. The highest BCUT2D eigenvalue weighted by atomic mass is 32.2. The normalized spacial score (nSPS) is 26.8. The number of nitrogens with zero attached hydrogens (tertiary/aromatic N) is 4. The van der Waals surface area contributed by atoms with Crippen molar-refractivity contribution in [2.24, 2.45) is 5.73 Å². The Morgan fingerprint density at radius 2 is 1.97 bits per heavy atom. The fraction of sp³-hybridized carbons (Fsp3) is 0.737. The lowest BCUT2D eigenvalue weighted by Crippen LogP contribution is -2.56. The summed E-state index contributed by atoms with van der Waals surface area (Å²) in [5.41, 5.74) is 6.16. The molecule has 0 bridgehead atoms. The second-order valence-corrected chi connectivity index (χ2v) is 11.5.